The SMILES string of the molecule is NC1(c2noc(-c3ccn(-c4cccc(Cl)c4)n3)n2)CCC1. The molecule has 0 aliphatic heterocycles. The fourth-order valence-electron chi connectivity index (χ4n) is 2.51. The number of rotatable bonds is 3. The second kappa shape index (κ2) is 4.93. The van der Waals surface area contributed by atoms with Crippen LogP contribution in [0.4, 0.5) is 0 Å². The molecule has 4 rings (SSSR count). The smallest absolute Gasteiger partial charge is 0.278 e. The number of aromatic nitrogens is 4. The Balaban J connectivity index is 1.64. The topological polar surface area (TPSA) is 82.8 Å². The maximum atomic E-state index is 6.20. The van der Waals surface area contributed by atoms with Crippen molar-refractivity contribution < 1.29 is 4.52 Å². The molecule has 2 aromatic heterocycles. The standard InChI is InChI=1S/C15H14ClN5O/c16-10-3-1-4-11(9-10)21-8-5-12(19-21)13-18-14(20-22-13)15(17)6-2-7-15/h1,3-5,8-9H,2,6-7,17H2. The van der Waals surface area contributed by atoms with E-state index in [1.807, 2.05) is 36.5 Å². The van der Waals surface area contributed by atoms with Crippen LogP contribution in [-0.2, 0) is 5.54 Å². The molecule has 6 nitrogen and oxygen atoms in total. The quantitative estimate of drug-likeness (QED) is 0.803. The second-order valence-corrected chi connectivity index (χ2v) is 5.99. The summed E-state index contributed by atoms with van der Waals surface area (Å²) in [5.74, 6) is 0.943. The fourth-order valence-corrected chi connectivity index (χ4v) is 2.70. The Hall–Kier alpha value is -2.18. The van der Waals surface area contributed by atoms with Crippen molar-refractivity contribution >= 4 is 11.6 Å². The van der Waals surface area contributed by atoms with Crippen molar-refractivity contribution in [3.05, 3.63) is 47.4 Å². The lowest BCUT2D eigenvalue weighted by Crippen LogP contribution is -2.44. The van der Waals surface area contributed by atoms with Gasteiger partial charge in [0, 0.05) is 11.2 Å². The van der Waals surface area contributed by atoms with Gasteiger partial charge in [-0.05, 0) is 43.5 Å². The third kappa shape index (κ3) is 2.20. The molecule has 1 fully saturated rings. The molecule has 1 aliphatic rings. The summed E-state index contributed by atoms with van der Waals surface area (Å²) in [5.41, 5.74) is 7.25. The minimum Gasteiger partial charge on any atom is -0.332 e. The first-order chi connectivity index (χ1) is 10.6. The lowest BCUT2D eigenvalue weighted by molar-refractivity contribution is 0.229. The highest BCUT2D eigenvalue weighted by Gasteiger charge is 2.39. The van der Waals surface area contributed by atoms with Crippen LogP contribution >= 0.6 is 11.6 Å². The van der Waals surface area contributed by atoms with E-state index in [0.29, 0.717) is 22.4 Å². The number of halogens is 1. The highest BCUT2D eigenvalue weighted by Crippen LogP contribution is 2.37. The van der Waals surface area contributed by atoms with Crippen LogP contribution in [0.25, 0.3) is 17.3 Å². The van der Waals surface area contributed by atoms with Crippen LogP contribution in [0.5, 0.6) is 0 Å². The van der Waals surface area contributed by atoms with Gasteiger partial charge < -0.3 is 10.3 Å². The lowest BCUT2D eigenvalue weighted by atomic mass is 9.77. The van der Waals surface area contributed by atoms with Gasteiger partial charge in [0.15, 0.2) is 11.5 Å². The van der Waals surface area contributed by atoms with Gasteiger partial charge in [-0.15, -0.1) is 0 Å². The van der Waals surface area contributed by atoms with Crippen molar-refractivity contribution in [1.29, 1.82) is 0 Å². The summed E-state index contributed by atoms with van der Waals surface area (Å²) >= 11 is 6.00. The van der Waals surface area contributed by atoms with Gasteiger partial charge in [0.05, 0.1) is 11.2 Å². The van der Waals surface area contributed by atoms with Gasteiger partial charge >= 0.3 is 0 Å². The molecule has 0 bridgehead atoms. The van der Waals surface area contributed by atoms with Crippen molar-refractivity contribution in [2.75, 3.05) is 0 Å². The molecule has 2 N–H and O–H groups in total. The van der Waals surface area contributed by atoms with Crippen molar-refractivity contribution in [1.82, 2.24) is 19.9 Å². The average molecular weight is 316 g/mol. The van der Waals surface area contributed by atoms with E-state index in [-0.39, 0.29) is 0 Å². The zero-order valence-electron chi connectivity index (χ0n) is 11.7. The highest BCUT2D eigenvalue weighted by molar-refractivity contribution is 6.30. The summed E-state index contributed by atoms with van der Waals surface area (Å²) in [6, 6.07) is 9.27. The fraction of sp³-hybridized carbons (Fsp3) is 0.267. The van der Waals surface area contributed by atoms with E-state index in [1.54, 1.807) is 4.68 Å². The molecular weight excluding hydrogens is 302 g/mol. The number of benzene rings is 1. The summed E-state index contributed by atoms with van der Waals surface area (Å²) in [6.07, 6.45) is 4.71. The molecule has 0 spiro atoms. The van der Waals surface area contributed by atoms with Gasteiger partial charge in [-0.1, -0.05) is 22.8 Å². The molecule has 2 heterocycles. The number of nitrogens with two attached hydrogens (primary N) is 1. The number of hydrogen-bond donors (Lipinski definition) is 1. The predicted octanol–water partition coefficient (Wildman–Crippen LogP) is 2.91. The monoisotopic (exact) mass is 315 g/mol. The van der Waals surface area contributed by atoms with Gasteiger partial charge in [-0.25, -0.2) is 4.68 Å². The summed E-state index contributed by atoms with van der Waals surface area (Å²) in [4.78, 5) is 4.39. The second-order valence-electron chi connectivity index (χ2n) is 5.56. The van der Waals surface area contributed by atoms with Crippen LogP contribution in [0, 0.1) is 0 Å². The average Bonchev–Trinajstić information content (AvgIpc) is 3.14. The molecule has 112 valence electrons. The van der Waals surface area contributed by atoms with Gasteiger partial charge in [0.2, 0.25) is 0 Å². The minimum atomic E-state index is -0.433. The van der Waals surface area contributed by atoms with E-state index in [2.05, 4.69) is 15.2 Å². The van der Waals surface area contributed by atoms with E-state index in [0.717, 1.165) is 24.9 Å². The first-order valence-corrected chi connectivity index (χ1v) is 7.47. The summed E-state index contributed by atoms with van der Waals surface area (Å²) in [5, 5.41) is 9.11. The van der Waals surface area contributed by atoms with Crippen LogP contribution in [0.3, 0.4) is 0 Å². The normalized spacial score (nSPS) is 16.5. The third-order valence-electron chi connectivity index (χ3n) is 4.00. The first kappa shape index (κ1) is 13.5. The lowest BCUT2D eigenvalue weighted by Gasteiger charge is -2.34. The molecule has 7 heteroatoms. The molecular formula is C15H14ClN5O. The predicted molar refractivity (Wildman–Crippen MR) is 81.6 cm³/mol. The molecule has 0 radical (unpaired) electrons. The molecule has 3 aromatic rings. The maximum absolute atomic E-state index is 6.20. The maximum Gasteiger partial charge on any atom is 0.278 e. The van der Waals surface area contributed by atoms with Crippen LogP contribution in [-0.4, -0.2) is 19.9 Å². The molecule has 1 aliphatic carbocycles. The molecule has 0 unspecified atom stereocenters. The van der Waals surface area contributed by atoms with Crippen LogP contribution in [0.1, 0.15) is 25.1 Å². The summed E-state index contributed by atoms with van der Waals surface area (Å²) in [7, 11) is 0. The van der Waals surface area contributed by atoms with E-state index in [9.17, 15) is 0 Å². The largest absolute Gasteiger partial charge is 0.332 e. The van der Waals surface area contributed by atoms with E-state index >= 15 is 0 Å². The van der Waals surface area contributed by atoms with E-state index in [1.165, 1.54) is 0 Å². The molecule has 22 heavy (non-hydrogen) atoms. The van der Waals surface area contributed by atoms with Gasteiger partial charge in [-0.3, -0.25) is 0 Å². The van der Waals surface area contributed by atoms with Crippen molar-refractivity contribution in [3.63, 3.8) is 0 Å². The molecule has 1 saturated carbocycles. The zero-order chi connectivity index (χ0) is 15.2. The Kier molecular flexibility index (Phi) is 3.02. The Labute approximate surface area is 131 Å². The van der Waals surface area contributed by atoms with Crippen molar-refractivity contribution in [2.24, 2.45) is 5.73 Å². The van der Waals surface area contributed by atoms with Crippen molar-refractivity contribution in [2.45, 2.75) is 24.8 Å². The molecule has 0 saturated heterocycles. The Morgan fingerprint density at radius 1 is 1.27 bits per heavy atom. The minimum absolute atomic E-state index is 0.382. The van der Waals surface area contributed by atoms with Crippen molar-refractivity contribution in [3.8, 4) is 17.3 Å². The van der Waals surface area contributed by atoms with Gasteiger partial charge in [0.1, 0.15) is 0 Å². The summed E-state index contributed by atoms with van der Waals surface area (Å²) in [6.45, 7) is 0. The first-order valence-electron chi connectivity index (χ1n) is 7.09. The Bertz CT molecular complexity index is 821. The third-order valence-corrected chi connectivity index (χ3v) is 4.23. The highest BCUT2D eigenvalue weighted by atomic mass is 35.5. The van der Waals surface area contributed by atoms with Gasteiger partial charge in [-0.2, -0.15) is 10.1 Å². The van der Waals surface area contributed by atoms with E-state index in [4.69, 9.17) is 21.9 Å². The Morgan fingerprint density at radius 2 is 2.14 bits per heavy atom. The summed E-state index contributed by atoms with van der Waals surface area (Å²) < 4.78 is 7.02. The van der Waals surface area contributed by atoms with Crippen LogP contribution < -0.4 is 5.73 Å². The number of nitrogens with zero attached hydrogens (tertiary/aromatic N) is 4. The molecule has 1 aromatic carbocycles. The Morgan fingerprint density at radius 3 is 2.86 bits per heavy atom. The van der Waals surface area contributed by atoms with E-state index < -0.39 is 5.54 Å². The van der Waals surface area contributed by atoms with Crippen LogP contribution in [0.15, 0.2) is 41.1 Å². The van der Waals surface area contributed by atoms with Crippen LogP contribution in [0.2, 0.25) is 5.02 Å². The van der Waals surface area contributed by atoms with Gasteiger partial charge in [0.25, 0.3) is 5.89 Å². The molecule has 0 amide bonds. The zero-order valence-corrected chi connectivity index (χ0v) is 12.5. The molecule has 0 atom stereocenters. The number of hydrogen-bond acceptors (Lipinski definition) is 5.